The van der Waals surface area contributed by atoms with Crippen LogP contribution in [0.3, 0.4) is 0 Å². The molecular formula is C10H11F2NOS. The molecule has 1 aromatic carbocycles. The maximum absolute atomic E-state index is 12.0. The van der Waals surface area contributed by atoms with Crippen LogP contribution in [0.25, 0.3) is 0 Å². The number of benzene rings is 1. The first-order valence-electron chi connectivity index (χ1n) is 4.23. The van der Waals surface area contributed by atoms with E-state index in [1.807, 2.05) is 6.92 Å². The van der Waals surface area contributed by atoms with E-state index in [1.165, 1.54) is 0 Å². The van der Waals surface area contributed by atoms with Crippen LogP contribution in [0, 0.1) is 6.92 Å². The quantitative estimate of drug-likeness (QED) is 0.866. The molecule has 0 heterocycles. The minimum absolute atomic E-state index is 0.462. The van der Waals surface area contributed by atoms with Gasteiger partial charge in [-0.2, -0.15) is 0 Å². The van der Waals surface area contributed by atoms with Crippen molar-refractivity contribution >= 4 is 10.8 Å². The highest BCUT2D eigenvalue weighted by atomic mass is 32.2. The van der Waals surface area contributed by atoms with E-state index in [9.17, 15) is 13.0 Å². The molecule has 2 nitrogen and oxygen atoms in total. The predicted octanol–water partition coefficient (Wildman–Crippen LogP) is 2.17. The van der Waals surface area contributed by atoms with Gasteiger partial charge in [-0.1, -0.05) is 17.7 Å². The number of aryl methyl sites for hydroxylation is 1. The van der Waals surface area contributed by atoms with Gasteiger partial charge in [-0.3, -0.25) is 0 Å². The highest BCUT2D eigenvalue weighted by Gasteiger charge is 2.08. The number of hydrogen-bond acceptors (Lipinski definition) is 2. The third-order valence-electron chi connectivity index (χ3n) is 1.75. The standard InChI is InChI=1S/C10H11F2NOS/c1-7-2-4-8(5-3-7)15(14)6-9(13)10(11)12/h2-6,10H,13H2,1H3/b9-6-/t15-/m1/s1. The SMILES string of the molecule is Cc1ccc([S@](=O)/C=C(\N)C(F)F)cc1. The predicted molar refractivity (Wildman–Crippen MR) is 55.9 cm³/mol. The van der Waals surface area contributed by atoms with E-state index in [1.54, 1.807) is 24.3 Å². The van der Waals surface area contributed by atoms with Gasteiger partial charge in [-0.25, -0.2) is 13.0 Å². The first kappa shape index (κ1) is 11.8. The lowest BCUT2D eigenvalue weighted by atomic mass is 10.2. The Labute approximate surface area is 89.2 Å². The maximum atomic E-state index is 12.0. The van der Waals surface area contributed by atoms with Crippen molar-refractivity contribution in [1.29, 1.82) is 0 Å². The second-order valence-electron chi connectivity index (χ2n) is 3.03. The Balaban J connectivity index is 2.86. The zero-order valence-electron chi connectivity index (χ0n) is 8.11. The summed E-state index contributed by atoms with van der Waals surface area (Å²) in [4.78, 5) is 0.462. The van der Waals surface area contributed by atoms with Crippen molar-refractivity contribution in [3.8, 4) is 0 Å². The van der Waals surface area contributed by atoms with E-state index in [0.29, 0.717) is 4.90 Å². The monoisotopic (exact) mass is 231 g/mol. The normalized spacial score (nSPS) is 14.3. The van der Waals surface area contributed by atoms with Crippen LogP contribution in [0.15, 0.2) is 40.3 Å². The molecule has 0 aromatic heterocycles. The lowest BCUT2D eigenvalue weighted by Gasteiger charge is -2.00. The summed E-state index contributed by atoms with van der Waals surface area (Å²) >= 11 is 0. The van der Waals surface area contributed by atoms with Crippen molar-refractivity contribution in [2.24, 2.45) is 5.73 Å². The smallest absolute Gasteiger partial charge is 0.278 e. The fraction of sp³-hybridized carbons (Fsp3) is 0.200. The van der Waals surface area contributed by atoms with Gasteiger partial charge in [-0.05, 0) is 19.1 Å². The highest BCUT2D eigenvalue weighted by Crippen LogP contribution is 2.11. The largest absolute Gasteiger partial charge is 0.397 e. The molecule has 0 aliphatic heterocycles. The number of rotatable bonds is 3. The molecule has 1 atom stereocenters. The van der Waals surface area contributed by atoms with Gasteiger partial charge >= 0.3 is 0 Å². The minimum atomic E-state index is -2.76. The molecule has 0 radical (unpaired) electrons. The van der Waals surface area contributed by atoms with Gasteiger partial charge in [0.2, 0.25) is 0 Å². The van der Waals surface area contributed by atoms with E-state index < -0.39 is 22.9 Å². The first-order chi connectivity index (χ1) is 7.00. The van der Waals surface area contributed by atoms with E-state index in [4.69, 9.17) is 5.73 Å². The molecule has 0 saturated carbocycles. The van der Waals surface area contributed by atoms with Crippen LogP contribution in [0.5, 0.6) is 0 Å². The van der Waals surface area contributed by atoms with E-state index in [-0.39, 0.29) is 0 Å². The molecule has 0 fully saturated rings. The molecule has 0 amide bonds. The number of halogens is 2. The molecule has 2 N–H and O–H groups in total. The fourth-order valence-corrected chi connectivity index (χ4v) is 1.81. The molecule has 0 saturated heterocycles. The van der Waals surface area contributed by atoms with Crippen molar-refractivity contribution in [2.75, 3.05) is 0 Å². The Hall–Kier alpha value is -1.23. The first-order valence-corrected chi connectivity index (χ1v) is 5.44. The average Bonchev–Trinajstić information content (AvgIpc) is 2.18. The Morgan fingerprint density at radius 3 is 2.40 bits per heavy atom. The molecule has 1 rings (SSSR count). The van der Waals surface area contributed by atoms with E-state index in [2.05, 4.69) is 0 Å². The fourth-order valence-electron chi connectivity index (χ4n) is 0.915. The van der Waals surface area contributed by atoms with Gasteiger partial charge in [0.25, 0.3) is 6.43 Å². The van der Waals surface area contributed by atoms with Gasteiger partial charge in [0.05, 0.1) is 16.5 Å². The summed E-state index contributed by atoms with van der Waals surface area (Å²) in [6, 6.07) is 6.78. The molecular weight excluding hydrogens is 220 g/mol. The van der Waals surface area contributed by atoms with Crippen molar-refractivity contribution in [3.05, 3.63) is 40.9 Å². The summed E-state index contributed by atoms with van der Waals surface area (Å²) in [6.07, 6.45) is -2.76. The Kier molecular flexibility index (Phi) is 3.96. The molecule has 0 aliphatic rings. The van der Waals surface area contributed by atoms with E-state index >= 15 is 0 Å². The molecule has 15 heavy (non-hydrogen) atoms. The number of hydrogen-bond donors (Lipinski definition) is 1. The summed E-state index contributed by atoms with van der Waals surface area (Å²) < 4.78 is 35.6. The van der Waals surface area contributed by atoms with Gasteiger partial charge in [0.15, 0.2) is 0 Å². The lowest BCUT2D eigenvalue weighted by Crippen LogP contribution is -2.08. The van der Waals surface area contributed by atoms with Gasteiger partial charge in [-0.15, -0.1) is 0 Å². The minimum Gasteiger partial charge on any atom is -0.397 e. The van der Waals surface area contributed by atoms with Gasteiger partial charge in [0, 0.05) is 10.3 Å². The second kappa shape index (κ2) is 5.02. The van der Waals surface area contributed by atoms with Crippen molar-refractivity contribution in [1.82, 2.24) is 0 Å². The summed E-state index contributed by atoms with van der Waals surface area (Å²) in [7, 11) is -1.61. The van der Waals surface area contributed by atoms with Gasteiger partial charge in [0.1, 0.15) is 0 Å². The van der Waals surface area contributed by atoms with Crippen LogP contribution in [-0.2, 0) is 10.8 Å². The molecule has 82 valence electrons. The molecule has 0 unspecified atom stereocenters. The molecule has 0 aliphatic carbocycles. The Morgan fingerprint density at radius 1 is 1.40 bits per heavy atom. The van der Waals surface area contributed by atoms with Crippen molar-refractivity contribution < 1.29 is 13.0 Å². The summed E-state index contributed by atoms with van der Waals surface area (Å²) in [5, 5.41) is 0.870. The molecule has 0 spiro atoms. The van der Waals surface area contributed by atoms with Crippen LogP contribution in [0.4, 0.5) is 8.78 Å². The number of allylic oxidation sites excluding steroid dienone is 1. The zero-order valence-corrected chi connectivity index (χ0v) is 8.93. The van der Waals surface area contributed by atoms with E-state index in [0.717, 1.165) is 11.0 Å². The number of nitrogens with two attached hydrogens (primary N) is 1. The van der Waals surface area contributed by atoms with Gasteiger partial charge < -0.3 is 5.73 Å². The molecule has 1 aromatic rings. The lowest BCUT2D eigenvalue weighted by molar-refractivity contribution is 0.188. The van der Waals surface area contributed by atoms with Crippen molar-refractivity contribution in [2.45, 2.75) is 18.2 Å². The molecule has 5 heteroatoms. The summed E-state index contributed by atoms with van der Waals surface area (Å²) in [5.41, 5.74) is 5.36. The summed E-state index contributed by atoms with van der Waals surface area (Å²) in [5.74, 6) is 0. The maximum Gasteiger partial charge on any atom is 0.278 e. The third-order valence-corrected chi connectivity index (χ3v) is 2.97. The zero-order chi connectivity index (χ0) is 11.4. The van der Waals surface area contributed by atoms with Crippen LogP contribution in [0.2, 0.25) is 0 Å². The summed E-state index contributed by atoms with van der Waals surface area (Å²) in [6.45, 7) is 1.88. The van der Waals surface area contributed by atoms with Crippen LogP contribution < -0.4 is 5.73 Å². The third kappa shape index (κ3) is 3.43. The number of alkyl halides is 2. The Morgan fingerprint density at radius 2 is 1.93 bits per heavy atom. The topological polar surface area (TPSA) is 43.1 Å². The second-order valence-corrected chi connectivity index (χ2v) is 4.33. The highest BCUT2D eigenvalue weighted by molar-refractivity contribution is 7.88. The Bertz CT molecular complexity index is 387. The van der Waals surface area contributed by atoms with Crippen LogP contribution >= 0.6 is 0 Å². The van der Waals surface area contributed by atoms with Crippen LogP contribution in [-0.4, -0.2) is 10.6 Å². The van der Waals surface area contributed by atoms with Crippen molar-refractivity contribution in [3.63, 3.8) is 0 Å². The molecule has 0 bridgehead atoms. The van der Waals surface area contributed by atoms with Crippen LogP contribution in [0.1, 0.15) is 5.56 Å². The average molecular weight is 231 g/mol.